The minimum atomic E-state index is -0.304. The van der Waals surface area contributed by atoms with Gasteiger partial charge in [-0.3, -0.25) is 15.0 Å². The fourth-order valence-corrected chi connectivity index (χ4v) is 5.20. The number of amides is 1. The fourth-order valence-electron chi connectivity index (χ4n) is 5.20. The van der Waals surface area contributed by atoms with Crippen molar-refractivity contribution in [2.45, 2.75) is 52.2 Å². The zero-order valence-corrected chi connectivity index (χ0v) is 25.0. The highest BCUT2D eigenvalue weighted by atomic mass is 79.9. The second kappa shape index (κ2) is 12.8. The number of hydrogen-bond donors (Lipinski definition) is 3. The van der Waals surface area contributed by atoms with E-state index in [1.54, 1.807) is 31.2 Å². The molecule has 0 atom stereocenters. The number of nitrogens with one attached hydrogen (secondary N) is 2. The number of benzene rings is 2. The Morgan fingerprint density at radius 3 is 2.46 bits per heavy atom. The van der Waals surface area contributed by atoms with E-state index in [9.17, 15) is 14.7 Å². The van der Waals surface area contributed by atoms with E-state index in [-0.39, 0.29) is 53.1 Å². The molecule has 39 heavy (non-hydrogen) atoms. The molecule has 10 heteroatoms. The summed E-state index contributed by atoms with van der Waals surface area (Å²) in [6.07, 6.45) is 1.04. The number of ether oxygens (including phenoxy) is 2. The van der Waals surface area contributed by atoms with E-state index in [2.05, 4.69) is 24.1 Å². The van der Waals surface area contributed by atoms with Crippen LogP contribution in [0.15, 0.2) is 24.3 Å². The molecule has 3 N–H and O–H groups in total. The Morgan fingerprint density at radius 1 is 1.18 bits per heavy atom. The number of methoxy groups -OCH3 is 1. The number of carbonyl (C=O) groups excluding carboxylic acids is 2. The van der Waals surface area contributed by atoms with Gasteiger partial charge in [-0.2, -0.15) is 0 Å². The van der Waals surface area contributed by atoms with Gasteiger partial charge in [-0.05, 0) is 61.1 Å². The summed E-state index contributed by atoms with van der Waals surface area (Å²) in [6, 6.07) is 7.26. The molecule has 2 aromatic rings. The Labute approximate surface area is 240 Å². The number of hydrogen-bond acceptors (Lipinski definition) is 7. The number of halogens is 1. The molecule has 0 aliphatic carbocycles. The largest absolute Gasteiger partial charge is 0.494 e. The van der Waals surface area contributed by atoms with Gasteiger partial charge in [0, 0.05) is 37.8 Å². The average molecular weight is 604 g/mol. The molecule has 0 unspecified atom stereocenters. The Kier molecular flexibility index (Phi) is 10.0. The molecule has 9 nitrogen and oxygen atoms in total. The standard InChI is InChI=1S/C29H38N4O5.BrH/c1-6-38-26-13-19-15-33(28(30)22(19)14-23(26)29(36)31-4)16-25(35)18-11-21(17(2)3)27(37-5)24(12-18)32-9-7-20(34)8-10-32;/h11-14,17,20,30,34H,6-10,15-16H2,1-5H3,(H,31,36);1H. The Bertz CT molecular complexity index is 1240. The molecule has 4 rings (SSSR count). The highest BCUT2D eigenvalue weighted by Crippen LogP contribution is 2.39. The monoisotopic (exact) mass is 602 g/mol. The van der Waals surface area contributed by atoms with Crippen LogP contribution in [0, 0.1) is 5.41 Å². The number of nitrogens with zero attached hydrogens (tertiary/aromatic N) is 2. The second-order valence-electron chi connectivity index (χ2n) is 10.1. The summed E-state index contributed by atoms with van der Waals surface area (Å²) in [5, 5.41) is 21.4. The van der Waals surface area contributed by atoms with Gasteiger partial charge in [-0.25, -0.2) is 0 Å². The van der Waals surface area contributed by atoms with Gasteiger partial charge < -0.3 is 29.7 Å². The SMILES string of the molecule is Br.CCOc1cc2c(cc1C(=O)NC)C(=N)N(CC(=O)c1cc(C(C)C)c(OC)c(N3CCC(O)CC3)c1)C2. The van der Waals surface area contributed by atoms with E-state index >= 15 is 0 Å². The molecule has 0 saturated carbocycles. The van der Waals surface area contributed by atoms with Gasteiger partial charge in [0.2, 0.25) is 0 Å². The number of fused-ring (bicyclic) bond motifs is 1. The average Bonchev–Trinajstić information content (AvgIpc) is 3.21. The van der Waals surface area contributed by atoms with Crippen molar-refractivity contribution >= 4 is 40.2 Å². The third-order valence-corrected chi connectivity index (χ3v) is 7.30. The van der Waals surface area contributed by atoms with Crippen molar-refractivity contribution in [2.75, 3.05) is 45.3 Å². The number of aliphatic hydroxyl groups excluding tert-OH is 1. The topological polar surface area (TPSA) is 115 Å². The van der Waals surface area contributed by atoms with E-state index in [0.717, 1.165) is 22.6 Å². The molecule has 2 aliphatic rings. The highest BCUT2D eigenvalue weighted by Gasteiger charge is 2.30. The predicted molar refractivity (Wildman–Crippen MR) is 157 cm³/mol. The Hall–Kier alpha value is -3.11. The summed E-state index contributed by atoms with van der Waals surface area (Å²) in [5.41, 5.74) is 4.25. The molecule has 0 aromatic heterocycles. The molecular formula is C29H39BrN4O5. The first kappa shape index (κ1) is 30.4. The molecular weight excluding hydrogens is 564 g/mol. The number of aliphatic hydroxyl groups is 1. The van der Waals surface area contributed by atoms with Crippen LogP contribution in [0.5, 0.6) is 11.5 Å². The maximum absolute atomic E-state index is 13.6. The van der Waals surface area contributed by atoms with Crippen LogP contribution in [0.2, 0.25) is 0 Å². The summed E-state index contributed by atoms with van der Waals surface area (Å²) >= 11 is 0. The van der Waals surface area contributed by atoms with E-state index in [1.807, 2.05) is 19.1 Å². The van der Waals surface area contributed by atoms with Crippen molar-refractivity contribution in [1.29, 1.82) is 5.41 Å². The van der Waals surface area contributed by atoms with E-state index in [0.29, 0.717) is 61.5 Å². The van der Waals surface area contributed by atoms with Crippen LogP contribution >= 0.6 is 17.0 Å². The second-order valence-corrected chi connectivity index (χ2v) is 10.1. The van der Waals surface area contributed by atoms with Gasteiger partial charge in [0.15, 0.2) is 5.78 Å². The van der Waals surface area contributed by atoms with Gasteiger partial charge in [-0.1, -0.05) is 13.8 Å². The predicted octanol–water partition coefficient (Wildman–Crippen LogP) is 4.14. The van der Waals surface area contributed by atoms with Crippen LogP contribution in [0.25, 0.3) is 0 Å². The number of anilines is 1. The number of carbonyl (C=O) groups is 2. The molecule has 0 bridgehead atoms. The molecule has 1 saturated heterocycles. The first-order chi connectivity index (χ1) is 18.2. The first-order valence-electron chi connectivity index (χ1n) is 13.2. The maximum atomic E-state index is 13.6. The van der Waals surface area contributed by atoms with Crippen LogP contribution in [0.1, 0.15) is 76.9 Å². The maximum Gasteiger partial charge on any atom is 0.254 e. The van der Waals surface area contributed by atoms with E-state index in [4.69, 9.17) is 14.9 Å². The third kappa shape index (κ3) is 6.22. The van der Waals surface area contributed by atoms with Crippen molar-refractivity contribution in [3.63, 3.8) is 0 Å². The molecule has 1 fully saturated rings. The van der Waals surface area contributed by atoms with Gasteiger partial charge in [-0.15, -0.1) is 17.0 Å². The highest BCUT2D eigenvalue weighted by molar-refractivity contribution is 8.93. The van der Waals surface area contributed by atoms with Crippen molar-refractivity contribution < 1.29 is 24.2 Å². The van der Waals surface area contributed by atoms with E-state index < -0.39 is 0 Å². The Balaban J connectivity index is 0.00000420. The molecule has 1 amide bonds. The first-order valence-corrected chi connectivity index (χ1v) is 13.2. The van der Waals surface area contributed by atoms with Gasteiger partial charge in [0.1, 0.15) is 17.3 Å². The summed E-state index contributed by atoms with van der Waals surface area (Å²) < 4.78 is 11.5. The Morgan fingerprint density at radius 2 is 1.87 bits per heavy atom. The van der Waals surface area contributed by atoms with Gasteiger partial charge in [0.05, 0.1) is 37.6 Å². The summed E-state index contributed by atoms with van der Waals surface area (Å²) in [4.78, 5) is 30.0. The van der Waals surface area contributed by atoms with Crippen LogP contribution < -0.4 is 19.7 Å². The van der Waals surface area contributed by atoms with Crippen molar-refractivity contribution in [1.82, 2.24) is 10.2 Å². The number of ketones is 1. The number of piperidine rings is 1. The molecule has 2 aliphatic heterocycles. The summed E-state index contributed by atoms with van der Waals surface area (Å²) in [5.74, 6) is 1.21. The van der Waals surface area contributed by atoms with Crippen LogP contribution in [0.4, 0.5) is 5.69 Å². The lowest BCUT2D eigenvalue weighted by Crippen LogP contribution is -2.36. The lowest BCUT2D eigenvalue weighted by atomic mass is 9.95. The fraction of sp³-hybridized carbons (Fsp3) is 0.483. The summed E-state index contributed by atoms with van der Waals surface area (Å²) in [7, 11) is 3.21. The van der Waals surface area contributed by atoms with Crippen LogP contribution in [-0.2, 0) is 6.54 Å². The zero-order chi connectivity index (χ0) is 27.6. The minimum Gasteiger partial charge on any atom is -0.494 e. The lowest BCUT2D eigenvalue weighted by molar-refractivity contribution is 0.0953. The number of amidine groups is 1. The normalized spacial score (nSPS) is 15.2. The lowest BCUT2D eigenvalue weighted by Gasteiger charge is -2.33. The summed E-state index contributed by atoms with van der Waals surface area (Å²) in [6.45, 7) is 8.21. The van der Waals surface area contributed by atoms with E-state index in [1.165, 1.54) is 0 Å². The molecule has 2 heterocycles. The third-order valence-electron chi connectivity index (χ3n) is 7.30. The molecule has 212 valence electrons. The van der Waals surface area contributed by atoms with Crippen molar-refractivity contribution in [3.8, 4) is 11.5 Å². The van der Waals surface area contributed by atoms with Crippen molar-refractivity contribution in [2.24, 2.45) is 0 Å². The number of Topliss-reactive ketones (excluding diaryl/α,β-unsaturated/α-hetero) is 1. The van der Waals surface area contributed by atoms with Crippen molar-refractivity contribution in [3.05, 3.63) is 52.1 Å². The van der Waals surface area contributed by atoms with Gasteiger partial charge in [0.25, 0.3) is 5.91 Å². The smallest absolute Gasteiger partial charge is 0.254 e. The molecule has 0 spiro atoms. The van der Waals surface area contributed by atoms with Gasteiger partial charge >= 0.3 is 0 Å². The molecule has 2 aromatic carbocycles. The zero-order valence-electron chi connectivity index (χ0n) is 23.3. The molecule has 0 radical (unpaired) electrons. The van der Waals surface area contributed by atoms with Crippen LogP contribution in [-0.4, -0.2) is 74.0 Å². The minimum absolute atomic E-state index is 0. The number of rotatable bonds is 9. The van der Waals surface area contributed by atoms with Crippen LogP contribution in [0.3, 0.4) is 0 Å². The quantitative estimate of drug-likeness (QED) is 0.369.